The Balaban J connectivity index is 1.73. The summed E-state index contributed by atoms with van der Waals surface area (Å²) in [6.45, 7) is 4.21. The molecule has 1 amide bonds. The Morgan fingerprint density at radius 3 is 2.61 bits per heavy atom. The Hall–Kier alpha value is -4.06. The quantitative estimate of drug-likeness (QED) is 0.381. The molecule has 2 aromatic carbocycles. The number of hydrogen-bond donors (Lipinski definition) is 1. The van der Waals surface area contributed by atoms with E-state index in [0.29, 0.717) is 12.3 Å². The molecular weight excluding hydrogens is 416 g/mol. The van der Waals surface area contributed by atoms with Crippen molar-refractivity contribution in [3.63, 3.8) is 0 Å². The van der Waals surface area contributed by atoms with E-state index >= 15 is 0 Å². The number of ether oxygens (including phenoxy) is 2. The molecule has 2 aromatic heterocycles. The molecule has 168 valence electrons. The van der Waals surface area contributed by atoms with Gasteiger partial charge < -0.3 is 19.2 Å². The van der Waals surface area contributed by atoms with E-state index in [9.17, 15) is 4.79 Å². The fourth-order valence-corrected chi connectivity index (χ4v) is 3.95. The first kappa shape index (κ1) is 22.1. The van der Waals surface area contributed by atoms with Crippen molar-refractivity contribution in [3.8, 4) is 22.6 Å². The fraction of sp³-hybridized carbons (Fsp3) is 0.185. The van der Waals surface area contributed by atoms with Crippen molar-refractivity contribution < 1.29 is 18.7 Å². The molecule has 0 bridgehead atoms. The van der Waals surface area contributed by atoms with Crippen LogP contribution in [0.5, 0.6) is 11.5 Å². The number of carbonyl (C=O) groups excluding carboxylic acids is 1. The summed E-state index contributed by atoms with van der Waals surface area (Å²) >= 11 is 0. The first-order valence-corrected chi connectivity index (χ1v) is 10.6. The number of amides is 1. The second-order valence-corrected chi connectivity index (χ2v) is 7.67. The van der Waals surface area contributed by atoms with Crippen LogP contribution in [0.25, 0.3) is 27.7 Å². The third kappa shape index (κ3) is 4.46. The first-order chi connectivity index (χ1) is 16.0. The molecule has 0 fully saturated rings. The molecule has 6 nitrogen and oxygen atoms in total. The summed E-state index contributed by atoms with van der Waals surface area (Å²) in [5, 5.41) is 3.81. The Morgan fingerprint density at radius 1 is 1.09 bits per heavy atom. The van der Waals surface area contributed by atoms with Gasteiger partial charge in [0.1, 0.15) is 17.1 Å². The summed E-state index contributed by atoms with van der Waals surface area (Å²) in [6.07, 6.45) is 5.02. The number of carbonyl (C=O) groups is 1. The highest BCUT2D eigenvalue weighted by Gasteiger charge is 2.20. The van der Waals surface area contributed by atoms with Gasteiger partial charge in [0.15, 0.2) is 0 Å². The lowest BCUT2D eigenvalue weighted by Crippen LogP contribution is -2.21. The zero-order valence-electron chi connectivity index (χ0n) is 19.1. The number of benzene rings is 2. The van der Waals surface area contributed by atoms with Crippen molar-refractivity contribution in [2.75, 3.05) is 14.2 Å². The zero-order chi connectivity index (χ0) is 23.4. The number of para-hydroxylation sites is 1. The Bertz CT molecular complexity index is 1320. The third-order valence-corrected chi connectivity index (χ3v) is 5.59. The van der Waals surface area contributed by atoms with Crippen molar-refractivity contribution in [2.45, 2.75) is 20.4 Å². The lowest BCUT2D eigenvalue weighted by atomic mass is 9.96. The van der Waals surface area contributed by atoms with Gasteiger partial charge in [0.05, 0.1) is 32.7 Å². The Morgan fingerprint density at radius 2 is 1.88 bits per heavy atom. The van der Waals surface area contributed by atoms with Crippen molar-refractivity contribution >= 4 is 22.4 Å². The van der Waals surface area contributed by atoms with Gasteiger partial charge in [-0.3, -0.25) is 9.78 Å². The largest absolute Gasteiger partial charge is 0.496 e. The lowest BCUT2D eigenvalue weighted by Gasteiger charge is -2.14. The van der Waals surface area contributed by atoms with E-state index < -0.39 is 0 Å². The van der Waals surface area contributed by atoms with Crippen LogP contribution in [0.15, 0.2) is 71.5 Å². The van der Waals surface area contributed by atoms with E-state index in [1.54, 1.807) is 32.8 Å². The van der Waals surface area contributed by atoms with Crippen LogP contribution in [0.2, 0.25) is 0 Å². The number of fused-ring (bicyclic) bond motifs is 1. The molecule has 0 radical (unpaired) electrons. The molecule has 0 aliphatic rings. The van der Waals surface area contributed by atoms with Crippen molar-refractivity contribution in [2.24, 2.45) is 0 Å². The maximum absolute atomic E-state index is 12.6. The van der Waals surface area contributed by atoms with Crippen molar-refractivity contribution in [1.29, 1.82) is 0 Å². The molecular formula is C27H26N2O4. The van der Waals surface area contributed by atoms with Gasteiger partial charge in [-0.2, -0.15) is 0 Å². The number of furan rings is 1. The minimum absolute atomic E-state index is 0.199. The average Bonchev–Trinajstić information content (AvgIpc) is 3.27. The highest BCUT2D eigenvalue weighted by atomic mass is 16.5. The van der Waals surface area contributed by atoms with Gasteiger partial charge in [-0.05, 0) is 43.7 Å². The highest BCUT2D eigenvalue weighted by Crippen LogP contribution is 2.42. The predicted octanol–water partition coefficient (Wildman–Crippen LogP) is 5.54. The second-order valence-electron chi connectivity index (χ2n) is 7.67. The van der Waals surface area contributed by atoms with Crippen LogP contribution in [-0.2, 0) is 11.3 Å². The molecule has 0 unspecified atom stereocenters. The van der Waals surface area contributed by atoms with Crippen LogP contribution in [0.3, 0.4) is 0 Å². The van der Waals surface area contributed by atoms with Gasteiger partial charge in [0.2, 0.25) is 5.91 Å². The van der Waals surface area contributed by atoms with Gasteiger partial charge >= 0.3 is 0 Å². The number of nitrogens with one attached hydrogen (secondary N) is 1. The first-order valence-electron chi connectivity index (χ1n) is 10.6. The number of methoxy groups -OCH3 is 2. The van der Waals surface area contributed by atoms with Crippen LogP contribution >= 0.6 is 0 Å². The summed E-state index contributed by atoms with van der Waals surface area (Å²) in [5.74, 6) is 1.24. The SMILES string of the molecule is COc1ccccc1-c1coc2c(C)c(OC)c(/C(C)=C/C(=O)NCc3ccccn3)cc12. The maximum atomic E-state index is 12.6. The molecule has 0 saturated heterocycles. The number of pyridine rings is 1. The second kappa shape index (κ2) is 9.61. The molecule has 2 heterocycles. The minimum Gasteiger partial charge on any atom is -0.496 e. The van der Waals surface area contributed by atoms with E-state index in [2.05, 4.69) is 10.3 Å². The van der Waals surface area contributed by atoms with Crippen LogP contribution in [-0.4, -0.2) is 25.1 Å². The van der Waals surface area contributed by atoms with Crippen LogP contribution in [0, 0.1) is 6.92 Å². The molecule has 0 aliphatic heterocycles. The molecule has 33 heavy (non-hydrogen) atoms. The van der Waals surface area contributed by atoms with E-state index in [0.717, 1.165) is 50.2 Å². The van der Waals surface area contributed by atoms with Gasteiger partial charge in [0.25, 0.3) is 0 Å². The molecule has 0 atom stereocenters. The van der Waals surface area contributed by atoms with E-state index in [4.69, 9.17) is 13.9 Å². The van der Waals surface area contributed by atoms with Gasteiger partial charge in [0, 0.05) is 39.9 Å². The van der Waals surface area contributed by atoms with Crippen molar-refractivity contribution in [3.05, 3.63) is 83.9 Å². The summed E-state index contributed by atoms with van der Waals surface area (Å²) in [5.41, 5.74) is 5.87. The normalized spacial score (nSPS) is 11.5. The van der Waals surface area contributed by atoms with E-state index in [1.807, 2.05) is 62.4 Å². The number of allylic oxidation sites excluding steroid dienone is 1. The number of rotatable bonds is 7. The molecule has 1 N–H and O–H groups in total. The minimum atomic E-state index is -0.199. The fourth-order valence-electron chi connectivity index (χ4n) is 3.95. The van der Waals surface area contributed by atoms with Crippen molar-refractivity contribution in [1.82, 2.24) is 10.3 Å². The Kier molecular flexibility index (Phi) is 6.45. The predicted molar refractivity (Wildman–Crippen MR) is 129 cm³/mol. The standard InChI is InChI=1S/C27H26N2O4/c1-17(13-25(30)29-15-19-9-7-8-12-28-19)21-14-22-23(20-10-5-6-11-24(20)31-3)16-33-27(22)18(2)26(21)32-4/h5-14,16H,15H2,1-4H3,(H,29,30)/b17-13+. The van der Waals surface area contributed by atoms with E-state index in [-0.39, 0.29) is 5.91 Å². The summed E-state index contributed by atoms with van der Waals surface area (Å²) in [4.78, 5) is 16.8. The number of aromatic nitrogens is 1. The van der Waals surface area contributed by atoms with Gasteiger partial charge in [-0.1, -0.05) is 24.3 Å². The summed E-state index contributed by atoms with van der Waals surface area (Å²) in [6, 6.07) is 15.4. The zero-order valence-corrected chi connectivity index (χ0v) is 19.1. The van der Waals surface area contributed by atoms with Crippen LogP contribution < -0.4 is 14.8 Å². The van der Waals surface area contributed by atoms with Gasteiger partial charge in [-0.15, -0.1) is 0 Å². The molecule has 4 aromatic rings. The van der Waals surface area contributed by atoms with Crippen LogP contribution in [0.1, 0.15) is 23.7 Å². The molecule has 0 saturated carbocycles. The smallest absolute Gasteiger partial charge is 0.244 e. The number of hydrogen-bond acceptors (Lipinski definition) is 5. The van der Waals surface area contributed by atoms with E-state index in [1.165, 1.54) is 0 Å². The Labute approximate surface area is 192 Å². The molecule has 6 heteroatoms. The number of nitrogens with zero attached hydrogens (tertiary/aromatic N) is 1. The monoisotopic (exact) mass is 442 g/mol. The van der Waals surface area contributed by atoms with Crippen LogP contribution in [0.4, 0.5) is 0 Å². The molecule has 4 rings (SSSR count). The third-order valence-electron chi connectivity index (χ3n) is 5.59. The summed E-state index contributed by atoms with van der Waals surface area (Å²) < 4.78 is 17.2. The average molecular weight is 443 g/mol. The molecule has 0 aliphatic carbocycles. The lowest BCUT2D eigenvalue weighted by molar-refractivity contribution is -0.116. The topological polar surface area (TPSA) is 73.6 Å². The molecule has 0 spiro atoms. The highest BCUT2D eigenvalue weighted by molar-refractivity contribution is 6.02. The summed E-state index contributed by atoms with van der Waals surface area (Å²) in [7, 11) is 3.27. The maximum Gasteiger partial charge on any atom is 0.244 e. The number of aryl methyl sites for hydroxylation is 1. The van der Waals surface area contributed by atoms with Gasteiger partial charge in [-0.25, -0.2) is 0 Å².